The second-order valence-electron chi connectivity index (χ2n) is 7.20. The zero-order valence-electron chi connectivity index (χ0n) is 16.9. The molecule has 138 valence electrons. The van der Waals surface area contributed by atoms with Gasteiger partial charge < -0.3 is 5.11 Å². The second kappa shape index (κ2) is 11.6. The van der Waals surface area contributed by atoms with Gasteiger partial charge in [-0.1, -0.05) is 66.7 Å². The third-order valence-corrected chi connectivity index (χ3v) is 5.09. The SMILES string of the molecule is CCCCc1c(O)c(CCC)c(CCC)c(CCC)c1CCCC. The van der Waals surface area contributed by atoms with Crippen molar-refractivity contribution >= 4 is 0 Å². The van der Waals surface area contributed by atoms with Crippen LogP contribution in [0.2, 0.25) is 0 Å². The molecule has 0 aromatic heterocycles. The molecule has 0 aliphatic carbocycles. The fourth-order valence-corrected chi connectivity index (χ4v) is 3.92. The van der Waals surface area contributed by atoms with Gasteiger partial charge in [-0.15, -0.1) is 0 Å². The molecule has 0 saturated heterocycles. The molecular formula is C23H40O. The summed E-state index contributed by atoms with van der Waals surface area (Å²) in [6, 6.07) is 0. The third kappa shape index (κ3) is 5.26. The number of phenolic OH excluding ortho intramolecular Hbond substituents is 1. The van der Waals surface area contributed by atoms with E-state index in [9.17, 15) is 5.11 Å². The van der Waals surface area contributed by atoms with Crippen LogP contribution in [0.1, 0.15) is 107 Å². The van der Waals surface area contributed by atoms with Crippen molar-refractivity contribution in [2.45, 2.75) is 112 Å². The Morgan fingerprint density at radius 1 is 0.458 bits per heavy atom. The van der Waals surface area contributed by atoms with Crippen molar-refractivity contribution < 1.29 is 5.11 Å². The molecular weight excluding hydrogens is 292 g/mol. The van der Waals surface area contributed by atoms with E-state index in [1.165, 1.54) is 60.8 Å². The lowest BCUT2D eigenvalue weighted by atomic mass is 9.82. The van der Waals surface area contributed by atoms with E-state index in [4.69, 9.17) is 0 Å². The van der Waals surface area contributed by atoms with Gasteiger partial charge in [0.15, 0.2) is 0 Å². The van der Waals surface area contributed by atoms with E-state index in [0.29, 0.717) is 5.75 Å². The molecule has 0 fully saturated rings. The van der Waals surface area contributed by atoms with Crippen LogP contribution in [-0.2, 0) is 32.1 Å². The summed E-state index contributed by atoms with van der Waals surface area (Å²) in [5.41, 5.74) is 7.16. The van der Waals surface area contributed by atoms with E-state index in [0.717, 1.165) is 38.5 Å². The molecule has 0 spiro atoms. The predicted octanol–water partition coefficient (Wildman–Crippen LogP) is 6.93. The lowest BCUT2D eigenvalue weighted by molar-refractivity contribution is 0.455. The molecule has 1 aromatic carbocycles. The summed E-state index contributed by atoms with van der Waals surface area (Å²) in [6.07, 6.45) is 13.8. The number of hydrogen-bond donors (Lipinski definition) is 1. The minimum Gasteiger partial charge on any atom is -0.507 e. The molecule has 1 aromatic rings. The number of hydrogen-bond acceptors (Lipinski definition) is 1. The van der Waals surface area contributed by atoms with Gasteiger partial charge in [-0.3, -0.25) is 0 Å². The summed E-state index contributed by atoms with van der Waals surface area (Å²) in [7, 11) is 0. The van der Waals surface area contributed by atoms with Crippen LogP contribution in [-0.4, -0.2) is 5.11 Å². The molecule has 0 bridgehead atoms. The Bertz CT molecular complexity index is 488. The van der Waals surface area contributed by atoms with Crippen molar-refractivity contribution in [3.63, 3.8) is 0 Å². The molecule has 1 N–H and O–H groups in total. The van der Waals surface area contributed by atoms with Crippen molar-refractivity contribution in [3.05, 3.63) is 27.8 Å². The Labute approximate surface area is 150 Å². The molecule has 0 saturated carbocycles. The van der Waals surface area contributed by atoms with E-state index in [1.807, 2.05) is 0 Å². The zero-order chi connectivity index (χ0) is 17.9. The summed E-state index contributed by atoms with van der Waals surface area (Å²) in [6.45, 7) is 11.3. The summed E-state index contributed by atoms with van der Waals surface area (Å²) in [5, 5.41) is 11.1. The first-order chi connectivity index (χ1) is 11.7. The first kappa shape index (κ1) is 21.1. The molecule has 1 heteroatoms. The minimum atomic E-state index is 0.653. The highest BCUT2D eigenvalue weighted by atomic mass is 16.3. The van der Waals surface area contributed by atoms with Crippen LogP contribution in [0.4, 0.5) is 0 Å². The van der Waals surface area contributed by atoms with Gasteiger partial charge in [-0.05, 0) is 72.8 Å². The fourth-order valence-electron chi connectivity index (χ4n) is 3.92. The van der Waals surface area contributed by atoms with E-state index in [-0.39, 0.29) is 0 Å². The van der Waals surface area contributed by atoms with Crippen LogP contribution in [0.5, 0.6) is 5.75 Å². The monoisotopic (exact) mass is 332 g/mol. The van der Waals surface area contributed by atoms with E-state index in [2.05, 4.69) is 34.6 Å². The molecule has 1 nitrogen and oxygen atoms in total. The molecule has 24 heavy (non-hydrogen) atoms. The van der Waals surface area contributed by atoms with Gasteiger partial charge in [0.1, 0.15) is 5.75 Å². The Kier molecular flexibility index (Phi) is 10.1. The summed E-state index contributed by atoms with van der Waals surface area (Å²) in [5.74, 6) is 0.653. The van der Waals surface area contributed by atoms with Gasteiger partial charge >= 0.3 is 0 Å². The Balaban J connectivity index is 3.57. The average Bonchev–Trinajstić information content (AvgIpc) is 2.58. The quantitative estimate of drug-likeness (QED) is 0.440. The first-order valence-electron chi connectivity index (χ1n) is 10.5. The topological polar surface area (TPSA) is 20.2 Å². The smallest absolute Gasteiger partial charge is 0.122 e. The first-order valence-corrected chi connectivity index (χ1v) is 10.5. The fraction of sp³-hybridized carbons (Fsp3) is 0.739. The highest BCUT2D eigenvalue weighted by Gasteiger charge is 2.21. The van der Waals surface area contributed by atoms with Gasteiger partial charge in [0, 0.05) is 0 Å². The van der Waals surface area contributed by atoms with Crippen molar-refractivity contribution in [1.29, 1.82) is 0 Å². The summed E-state index contributed by atoms with van der Waals surface area (Å²) in [4.78, 5) is 0. The van der Waals surface area contributed by atoms with Crippen LogP contribution in [0, 0.1) is 0 Å². The maximum Gasteiger partial charge on any atom is 0.122 e. The Hall–Kier alpha value is -0.980. The lowest BCUT2D eigenvalue weighted by Gasteiger charge is -2.24. The van der Waals surface area contributed by atoms with Crippen LogP contribution >= 0.6 is 0 Å². The number of phenols is 1. The normalized spacial score (nSPS) is 11.2. The van der Waals surface area contributed by atoms with Gasteiger partial charge in [-0.25, -0.2) is 0 Å². The lowest BCUT2D eigenvalue weighted by Crippen LogP contribution is -2.10. The largest absolute Gasteiger partial charge is 0.507 e. The van der Waals surface area contributed by atoms with Crippen molar-refractivity contribution in [1.82, 2.24) is 0 Å². The molecule has 1 rings (SSSR count). The standard InChI is InChI=1S/C23H40O/c1-6-11-16-20-18(13-8-3)19(14-9-4)21(15-10-5)23(24)22(20)17-12-7-2/h24H,6-17H2,1-5H3. The minimum absolute atomic E-state index is 0.653. The van der Waals surface area contributed by atoms with E-state index < -0.39 is 0 Å². The highest BCUT2D eigenvalue weighted by Crippen LogP contribution is 2.37. The predicted molar refractivity (Wildman–Crippen MR) is 107 cm³/mol. The van der Waals surface area contributed by atoms with Crippen LogP contribution < -0.4 is 0 Å². The van der Waals surface area contributed by atoms with Crippen molar-refractivity contribution in [3.8, 4) is 5.75 Å². The van der Waals surface area contributed by atoms with Crippen molar-refractivity contribution in [2.75, 3.05) is 0 Å². The van der Waals surface area contributed by atoms with Gasteiger partial charge in [-0.2, -0.15) is 0 Å². The van der Waals surface area contributed by atoms with Gasteiger partial charge in [0.05, 0.1) is 0 Å². The summed E-state index contributed by atoms with van der Waals surface area (Å²) < 4.78 is 0. The van der Waals surface area contributed by atoms with Crippen molar-refractivity contribution in [2.24, 2.45) is 0 Å². The maximum atomic E-state index is 11.1. The number of rotatable bonds is 12. The van der Waals surface area contributed by atoms with Crippen LogP contribution in [0.3, 0.4) is 0 Å². The van der Waals surface area contributed by atoms with Crippen LogP contribution in [0.15, 0.2) is 0 Å². The number of unbranched alkanes of at least 4 members (excludes halogenated alkanes) is 2. The number of benzene rings is 1. The molecule has 0 aliphatic rings. The zero-order valence-corrected chi connectivity index (χ0v) is 16.9. The second-order valence-corrected chi connectivity index (χ2v) is 7.20. The number of aromatic hydroxyl groups is 1. The van der Waals surface area contributed by atoms with E-state index >= 15 is 0 Å². The van der Waals surface area contributed by atoms with E-state index in [1.54, 1.807) is 5.56 Å². The van der Waals surface area contributed by atoms with Gasteiger partial charge in [0.2, 0.25) is 0 Å². The van der Waals surface area contributed by atoms with Crippen LogP contribution in [0.25, 0.3) is 0 Å². The Morgan fingerprint density at radius 2 is 0.792 bits per heavy atom. The highest BCUT2D eigenvalue weighted by molar-refractivity contribution is 5.56. The average molecular weight is 333 g/mol. The third-order valence-electron chi connectivity index (χ3n) is 5.09. The molecule has 0 atom stereocenters. The molecule has 0 amide bonds. The molecule has 0 unspecified atom stereocenters. The maximum absolute atomic E-state index is 11.1. The molecule has 0 aliphatic heterocycles. The summed E-state index contributed by atoms with van der Waals surface area (Å²) >= 11 is 0. The Morgan fingerprint density at radius 3 is 1.25 bits per heavy atom. The molecule has 0 radical (unpaired) electrons. The molecule has 0 heterocycles. The van der Waals surface area contributed by atoms with Gasteiger partial charge in [0.25, 0.3) is 0 Å².